The largest absolute Gasteiger partial charge is 0.508 e. The van der Waals surface area contributed by atoms with Crippen LogP contribution in [0.25, 0.3) is 0 Å². The number of benzene rings is 1. The van der Waals surface area contributed by atoms with E-state index < -0.39 is 0 Å². The lowest BCUT2D eigenvalue weighted by atomic mass is 10.1. The van der Waals surface area contributed by atoms with Crippen molar-refractivity contribution in [1.29, 1.82) is 5.53 Å². The van der Waals surface area contributed by atoms with Gasteiger partial charge in [0, 0.05) is 30.4 Å². The van der Waals surface area contributed by atoms with Crippen LogP contribution in [0.4, 0.5) is 5.69 Å². The summed E-state index contributed by atoms with van der Waals surface area (Å²) in [5.41, 5.74) is 8.45. The molecular formula is C11H17N3O. The minimum atomic E-state index is 0.218. The first-order valence-corrected chi connectivity index (χ1v) is 5.13. The molecule has 0 aliphatic carbocycles. The van der Waals surface area contributed by atoms with Gasteiger partial charge in [0.1, 0.15) is 5.75 Å². The van der Waals surface area contributed by atoms with Crippen molar-refractivity contribution in [2.75, 3.05) is 18.0 Å². The van der Waals surface area contributed by atoms with Crippen molar-refractivity contribution in [3.8, 4) is 5.75 Å². The molecule has 0 atom stereocenters. The highest BCUT2D eigenvalue weighted by molar-refractivity contribution is 5.53. The van der Waals surface area contributed by atoms with Crippen LogP contribution in [0, 0.1) is 5.53 Å². The Morgan fingerprint density at radius 2 is 2.00 bits per heavy atom. The smallest absolute Gasteiger partial charge is 0.122 e. The van der Waals surface area contributed by atoms with Crippen LogP contribution in [0.2, 0.25) is 0 Å². The molecular weight excluding hydrogens is 190 g/mol. The van der Waals surface area contributed by atoms with E-state index in [-0.39, 0.29) is 12.3 Å². The Morgan fingerprint density at radius 1 is 1.33 bits per heavy atom. The van der Waals surface area contributed by atoms with Crippen LogP contribution in [0.3, 0.4) is 0 Å². The van der Waals surface area contributed by atoms with Crippen molar-refractivity contribution in [3.05, 3.63) is 23.8 Å². The van der Waals surface area contributed by atoms with Gasteiger partial charge >= 0.3 is 0 Å². The Labute approximate surface area is 90.0 Å². The number of phenolic OH excluding ortho intramolecular Hbond substituents is 1. The molecule has 15 heavy (non-hydrogen) atoms. The first-order valence-electron chi connectivity index (χ1n) is 5.13. The maximum atomic E-state index is 9.69. The Kier molecular flexibility index (Phi) is 4.09. The Balaban J connectivity index is 2.94. The molecule has 4 heteroatoms. The fourth-order valence-electron chi connectivity index (χ4n) is 1.56. The second kappa shape index (κ2) is 5.34. The van der Waals surface area contributed by atoms with Crippen LogP contribution in [0.1, 0.15) is 19.4 Å². The van der Waals surface area contributed by atoms with Gasteiger partial charge in [-0.1, -0.05) is 6.07 Å². The van der Waals surface area contributed by atoms with Gasteiger partial charge in [-0.25, -0.2) is 5.53 Å². The molecule has 1 aromatic rings. The quantitative estimate of drug-likeness (QED) is 0.729. The Bertz CT molecular complexity index is 335. The van der Waals surface area contributed by atoms with Gasteiger partial charge in [-0.2, -0.15) is 5.11 Å². The van der Waals surface area contributed by atoms with E-state index >= 15 is 0 Å². The number of phenols is 1. The minimum Gasteiger partial charge on any atom is -0.508 e. The molecule has 1 aromatic carbocycles. The number of hydrogen-bond acceptors (Lipinski definition) is 4. The summed E-state index contributed by atoms with van der Waals surface area (Å²) in [6.07, 6.45) is 0. The highest BCUT2D eigenvalue weighted by Gasteiger charge is 2.05. The van der Waals surface area contributed by atoms with E-state index in [1.807, 2.05) is 12.1 Å². The van der Waals surface area contributed by atoms with Gasteiger partial charge in [-0.05, 0) is 19.9 Å². The van der Waals surface area contributed by atoms with Crippen molar-refractivity contribution < 1.29 is 5.11 Å². The summed E-state index contributed by atoms with van der Waals surface area (Å²) in [5, 5.41) is 13.0. The molecule has 0 bridgehead atoms. The first-order chi connectivity index (χ1) is 7.22. The molecule has 1 rings (SSSR count). The highest BCUT2D eigenvalue weighted by Crippen LogP contribution is 2.25. The summed E-state index contributed by atoms with van der Waals surface area (Å²) in [7, 11) is 0. The predicted octanol–water partition coefficient (Wildman–Crippen LogP) is 2.77. The van der Waals surface area contributed by atoms with Crippen LogP contribution in [0.5, 0.6) is 5.75 Å². The third-order valence-electron chi connectivity index (χ3n) is 2.45. The van der Waals surface area contributed by atoms with E-state index in [9.17, 15) is 5.11 Å². The van der Waals surface area contributed by atoms with Gasteiger partial charge in [0.05, 0.1) is 6.54 Å². The standard InChI is InChI=1S/C11H17N3O/c1-3-14(4-2)10-6-5-9(8-13-12)11(15)7-10/h5-7,12,15H,3-4,8H2,1-2H3. The first kappa shape index (κ1) is 11.5. The van der Waals surface area contributed by atoms with Gasteiger partial charge < -0.3 is 10.0 Å². The van der Waals surface area contributed by atoms with Gasteiger partial charge in [-0.15, -0.1) is 0 Å². The van der Waals surface area contributed by atoms with E-state index in [0.717, 1.165) is 18.8 Å². The summed E-state index contributed by atoms with van der Waals surface area (Å²) >= 11 is 0. The molecule has 0 aliphatic heterocycles. The highest BCUT2D eigenvalue weighted by atomic mass is 16.3. The van der Waals surface area contributed by atoms with Gasteiger partial charge in [0.25, 0.3) is 0 Å². The van der Waals surface area contributed by atoms with Crippen LogP contribution in [-0.2, 0) is 6.54 Å². The number of aromatic hydroxyl groups is 1. The number of anilines is 1. The van der Waals surface area contributed by atoms with Crippen LogP contribution >= 0.6 is 0 Å². The monoisotopic (exact) mass is 207 g/mol. The number of nitrogens with zero attached hydrogens (tertiary/aromatic N) is 2. The average molecular weight is 207 g/mol. The van der Waals surface area contributed by atoms with Crippen molar-refractivity contribution in [2.24, 2.45) is 5.11 Å². The molecule has 0 saturated heterocycles. The van der Waals surface area contributed by atoms with Crippen molar-refractivity contribution in [2.45, 2.75) is 20.4 Å². The molecule has 82 valence electrons. The summed E-state index contributed by atoms with van der Waals surface area (Å²) in [6.45, 7) is 6.22. The summed E-state index contributed by atoms with van der Waals surface area (Å²) in [6, 6.07) is 5.50. The molecule has 0 heterocycles. The fraction of sp³-hybridized carbons (Fsp3) is 0.455. The third kappa shape index (κ3) is 2.68. The third-order valence-corrected chi connectivity index (χ3v) is 2.45. The van der Waals surface area contributed by atoms with Gasteiger partial charge in [0.15, 0.2) is 0 Å². The zero-order valence-corrected chi connectivity index (χ0v) is 9.20. The SMILES string of the molecule is CCN(CC)c1ccc(CN=N)c(O)c1. The van der Waals surface area contributed by atoms with Gasteiger partial charge in [0.2, 0.25) is 0 Å². The van der Waals surface area contributed by atoms with E-state index in [4.69, 9.17) is 5.53 Å². The second-order valence-electron chi connectivity index (χ2n) is 3.30. The molecule has 0 saturated carbocycles. The van der Waals surface area contributed by atoms with E-state index in [2.05, 4.69) is 23.9 Å². The lowest BCUT2D eigenvalue weighted by Gasteiger charge is -2.21. The van der Waals surface area contributed by atoms with E-state index in [1.165, 1.54) is 0 Å². The molecule has 2 N–H and O–H groups in total. The summed E-state index contributed by atoms with van der Waals surface area (Å²) in [5.74, 6) is 0.218. The molecule has 0 spiro atoms. The normalized spacial score (nSPS) is 10.0. The molecule has 0 radical (unpaired) electrons. The van der Waals surface area contributed by atoms with Gasteiger partial charge in [-0.3, -0.25) is 0 Å². The van der Waals surface area contributed by atoms with E-state index in [0.29, 0.717) is 5.56 Å². The molecule has 0 aliphatic rings. The average Bonchev–Trinajstić information content (AvgIpc) is 2.24. The second-order valence-corrected chi connectivity index (χ2v) is 3.30. The zero-order valence-electron chi connectivity index (χ0n) is 9.20. The zero-order chi connectivity index (χ0) is 11.3. The number of nitrogens with one attached hydrogen (secondary N) is 1. The molecule has 0 amide bonds. The lowest BCUT2D eigenvalue weighted by Crippen LogP contribution is -2.21. The molecule has 4 nitrogen and oxygen atoms in total. The predicted molar refractivity (Wildman–Crippen MR) is 60.5 cm³/mol. The number of hydrogen-bond donors (Lipinski definition) is 2. The molecule has 0 aromatic heterocycles. The Hall–Kier alpha value is -1.58. The van der Waals surface area contributed by atoms with Crippen molar-refractivity contribution in [1.82, 2.24) is 0 Å². The maximum Gasteiger partial charge on any atom is 0.122 e. The van der Waals surface area contributed by atoms with Crippen LogP contribution in [-0.4, -0.2) is 18.2 Å². The topological polar surface area (TPSA) is 59.7 Å². The minimum absolute atomic E-state index is 0.218. The summed E-state index contributed by atoms with van der Waals surface area (Å²) in [4.78, 5) is 2.15. The Morgan fingerprint density at radius 3 is 2.47 bits per heavy atom. The van der Waals surface area contributed by atoms with E-state index in [1.54, 1.807) is 6.07 Å². The van der Waals surface area contributed by atoms with Crippen molar-refractivity contribution in [3.63, 3.8) is 0 Å². The molecule has 0 fully saturated rings. The fourth-order valence-corrected chi connectivity index (χ4v) is 1.56. The van der Waals surface area contributed by atoms with Crippen molar-refractivity contribution >= 4 is 5.69 Å². The maximum absolute atomic E-state index is 9.69. The molecule has 0 unspecified atom stereocenters. The van der Waals surface area contributed by atoms with Crippen LogP contribution < -0.4 is 4.90 Å². The number of rotatable bonds is 5. The lowest BCUT2D eigenvalue weighted by molar-refractivity contribution is 0.467. The van der Waals surface area contributed by atoms with Crippen LogP contribution in [0.15, 0.2) is 23.3 Å². The summed E-state index contributed by atoms with van der Waals surface area (Å²) < 4.78 is 0.